The number of hydrogen-bond donors (Lipinski definition) is 1. The van der Waals surface area contributed by atoms with E-state index in [0.29, 0.717) is 0 Å². The van der Waals surface area contributed by atoms with Crippen molar-refractivity contribution in [2.75, 3.05) is 6.61 Å². The van der Waals surface area contributed by atoms with Crippen LogP contribution in [-0.2, 0) is 23.8 Å². The van der Waals surface area contributed by atoms with E-state index in [1.807, 2.05) is 36.4 Å². The van der Waals surface area contributed by atoms with Crippen LogP contribution in [0.1, 0.15) is 11.1 Å². The fourth-order valence-electron chi connectivity index (χ4n) is 2.82. The Kier molecular flexibility index (Phi) is 7.48. The Morgan fingerprint density at radius 3 is 2.03 bits per heavy atom. The quantitative estimate of drug-likeness (QED) is 0.556. The van der Waals surface area contributed by atoms with Crippen LogP contribution < -0.4 is 0 Å². The second-order valence-electron chi connectivity index (χ2n) is 6.53. The van der Waals surface area contributed by atoms with E-state index in [-0.39, 0.29) is 6.61 Å². The van der Waals surface area contributed by atoms with Gasteiger partial charge in [0.05, 0.1) is 0 Å². The maximum Gasteiger partial charge on any atom is 0.331 e. The molecule has 156 valence electrons. The molecule has 1 aliphatic rings. The lowest BCUT2D eigenvalue weighted by atomic mass is 10.1. The summed E-state index contributed by atoms with van der Waals surface area (Å²) in [6, 6.07) is 18.1. The molecule has 0 radical (unpaired) electrons. The zero-order valence-electron chi connectivity index (χ0n) is 16.0. The maximum atomic E-state index is 14.2. The first-order valence-electron chi connectivity index (χ1n) is 9.34. The van der Waals surface area contributed by atoms with Crippen molar-refractivity contribution >= 4 is 24.1 Å². The van der Waals surface area contributed by atoms with Crippen LogP contribution in [-0.4, -0.2) is 48.3 Å². The summed E-state index contributed by atoms with van der Waals surface area (Å²) in [5, 5.41) is 9.62. The molecule has 1 heterocycles. The zero-order valence-corrected chi connectivity index (χ0v) is 16.0. The summed E-state index contributed by atoms with van der Waals surface area (Å²) in [5.41, 5.74) is 1.58. The van der Waals surface area contributed by atoms with Gasteiger partial charge in [0.1, 0.15) is 12.7 Å². The van der Waals surface area contributed by atoms with Gasteiger partial charge < -0.3 is 19.3 Å². The summed E-state index contributed by atoms with van der Waals surface area (Å²) in [5.74, 6) is -1.47. The number of halogens is 1. The van der Waals surface area contributed by atoms with Crippen molar-refractivity contribution in [1.82, 2.24) is 0 Å². The number of aliphatic hydroxyl groups is 1. The van der Waals surface area contributed by atoms with Crippen molar-refractivity contribution in [2.45, 2.75) is 24.7 Å². The van der Waals surface area contributed by atoms with E-state index in [0.717, 1.165) is 17.2 Å². The number of esters is 2. The first-order valence-corrected chi connectivity index (χ1v) is 9.34. The van der Waals surface area contributed by atoms with Crippen LogP contribution in [0.15, 0.2) is 72.8 Å². The molecule has 0 spiro atoms. The highest BCUT2D eigenvalue weighted by molar-refractivity contribution is 5.87. The summed E-state index contributed by atoms with van der Waals surface area (Å²) in [7, 11) is 0. The minimum absolute atomic E-state index is 0.379. The molecule has 0 aliphatic carbocycles. The molecular formula is C23H21FO6. The van der Waals surface area contributed by atoms with Crippen LogP contribution in [0.25, 0.3) is 12.2 Å². The zero-order chi connectivity index (χ0) is 21.3. The van der Waals surface area contributed by atoms with E-state index in [9.17, 15) is 19.1 Å². The molecule has 3 rings (SSSR count). The molecule has 1 aliphatic heterocycles. The van der Waals surface area contributed by atoms with E-state index >= 15 is 0 Å². The lowest BCUT2D eigenvalue weighted by Gasteiger charge is -2.18. The summed E-state index contributed by atoms with van der Waals surface area (Å²) in [6.07, 6.45) is -0.804. The monoisotopic (exact) mass is 412 g/mol. The smallest absolute Gasteiger partial charge is 0.331 e. The van der Waals surface area contributed by atoms with Gasteiger partial charge in [0.25, 0.3) is 0 Å². The third kappa shape index (κ3) is 6.10. The van der Waals surface area contributed by atoms with Crippen molar-refractivity contribution < 1.29 is 33.3 Å². The molecule has 2 aromatic rings. The average molecular weight is 412 g/mol. The molecule has 6 nitrogen and oxygen atoms in total. The van der Waals surface area contributed by atoms with E-state index in [4.69, 9.17) is 14.2 Å². The Labute approximate surface area is 173 Å². The first kappa shape index (κ1) is 21.4. The van der Waals surface area contributed by atoms with Gasteiger partial charge >= 0.3 is 11.9 Å². The van der Waals surface area contributed by atoms with Crippen LogP contribution >= 0.6 is 0 Å². The number of carbonyl (C=O) groups excluding carboxylic acids is 2. The van der Waals surface area contributed by atoms with Crippen molar-refractivity contribution in [2.24, 2.45) is 0 Å². The summed E-state index contributed by atoms with van der Waals surface area (Å²) >= 11 is 0. The van der Waals surface area contributed by atoms with Crippen molar-refractivity contribution in [3.05, 3.63) is 83.9 Å². The summed E-state index contributed by atoms with van der Waals surface area (Å²) in [4.78, 5) is 23.9. The SMILES string of the molecule is O=C(C=Cc1ccccc1)OC[C@H]1OC(O)[C@@H](F)[C@@H]1OC(=O)C=Cc1ccccc1. The number of ether oxygens (including phenoxy) is 3. The Balaban J connectivity index is 1.54. The molecule has 1 N–H and O–H groups in total. The molecule has 0 aromatic heterocycles. The van der Waals surface area contributed by atoms with Gasteiger partial charge in [-0.15, -0.1) is 0 Å². The number of alkyl halides is 1. The average Bonchev–Trinajstić information content (AvgIpc) is 3.04. The molecule has 1 fully saturated rings. The fraction of sp³-hybridized carbons (Fsp3) is 0.217. The van der Waals surface area contributed by atoms with Gasteiger partial charge in [0, 0.05) is 12.2 Å². The van der Waals surface area contributed by atoms with Gasteiger partial charge in [-0.1, -0.05) is 60.7 Å². The molecule has 4 atom stereocenters. The van der Waals surface area contributed by atoms with Gasteiger partial charge in [-0.05, 0) is 23.3 Å². The van der Waals surface area contributed by atoms with E-state index < -0.39 is 36.6 Å². The van der Waals surface area contributed by atoms with Crippen molar-refractivity contribution in [3.8, 4) is 0 Å². The minimum Gasteiger partial charge on any atom is -0.460 e. The van der Waals surface area contributed by atoms with Crippen molar-refractivity contribution in [3.63, 3.8) is 0 Å². The largest absolute Gasteiger partial charge is 0.460 e. The molecule has 2 aromatic carbocycles. The second-order valence-corrected chi connectivity index (χ2v) is 6.53. The minimum atomic E-state index is -1.96. The number of rotatable bonds is 7. The molecular weight excluding hydrogens is 391 g/mol. The number of aliphatic hydroxyl groups excluding tert-OH is 1. The van der Waals surface area contributed by atoms with Crippen LogP contribution in [0.2, 0.25) is 0 Å². The standard InChI is InChI=1S/C23H21FO6/c24-21-22(30-20(26)14-12-17-9-5-2-6-10-17)18(29-23(21)27)15-28-19(25)13-11-16-7-3-1-4-8-16/h1-14,18,21-23,27H,15H2/t18-,21+,22-,23?/m1/s1. The van der Waals surface area contributed by atoms with E-state index in [1.54, 1.807) is 30.3 Å². The highest BCUT2D eigenvalue weighted by Crippen LogP contribution is 2.26. The second kappa shape index (κ2) is 10.5. The topological polar surface area (TPSA) is 82.1 Å². The van der Waals surface area contributed by atoms with Crippen molar-refractivity contribution in [1.29, 1.82) is 0 Å². The predicted octanol–water partition coefficient (Wildman–Crippen LogP) is 2.92. The van der Waals surface area contributed by atoms with Gasteiger partial charge in [0.2, 0.25) is 0 Å². The number of hydrogen-bond acceptors (Lipinski definition) is 6. The Morgan fingerprint density at radius 2 is 1.47 bits per heavy atom. The molecule has 7 heteroatoms. The normalized spacial score (nSPS) is 23.7. The van der Waals surface area contributed by atoms with Crippen LogP contribution in [0.4, 0.5) is 4.39 Å². The van der Waals surface area contributed by atoms with Gasteiger partial charge in [-0.25, -0.2) is 14.0 Å². The molecule has 30 heavy (non-hydrogen) atoms. The maximum absolute atomic E-state index is 14.2. The lowest BCUT2D eigenvalue weighted by Crippen LogP contribution is -2.36. The summed E-state index contributed by atoms with van der Waals surface area (Å²) < 4.78 is 29.4. The lowest BCUT2D eigenvalue weighted by molar-refractivity contribution is -0.156. The number of carbonyl (C=O) groups is 2. The van der Waals surface area contributed by atoms with Gasteiger partial charge in [-0.3, -0.25) is 0 Å². The molecule has 1 saturated heterocycles. The Hall–Kier alpha value is -3.29. The highest BCUT2D eigenvalue weighted by Gasteiger charge is 2.47. The third-order valence-electron chi connectivity index (χ3n) is 4.33. The molecule has 1 unspecified atom stereocenters. The van der Waals surface area contributed by atoms with E-state index in [2.05, 4.69) is 0 Å². The Bertz CT molecular complexity index is 896. The first-order chi connectivity index (χ1) is 14.5. The third-order valence-corrected chi connectivity index (χ3v) is 4.33. The molecule has 0 amide bonds. The van der Waals surface area contributed by atoms with E-state index in [1.165, 1.54) is 12.2 Å². The highest BCUT2D eigenvalue weighted by atomic mass is 19.1. The summed E-state index contributed by atoms with van der Waals surface area (Å²) in [6.45, 7) is -0.379. The molecule has 0 bridgehead atoms. The van der Waals surface area contributed by atoms with Crippen LogP contribution in [0.5, 0.6) is 0 Å². The van der Waals surface area contributed by atoms with Crippen LogP contribution in [0.3, 0.4) is 0 Å². The number of benzene rings is 2. The molecule has 0 saturated carbocycles. The van der Waals surface area contributed by atoms with Crippen LogP contribution in [0, 0.1) is 0 Å². The predicted molar refractivity (Wildman–Crippen MR) is 108 cm³/mol. The van der Waals surface area contributed by atoms with Gasteiger partial charge in [-0.2, -0.15) is 0 Å². The Morgan fingerprint density at radius 1 is 0.933 bits per heavy atom. The van der Waals surface area contributed by atoms with Gasteiger partial charge in [0.15, 0.2) is 18.6 Å². The fourth-order valence-corrected chi connectivity index (χ4v) is 2.82.